The maximum atomic E-state index is 11.3. The zero-order chi connectivity index (χ0) is 11.7. The first-order valence-corrected chi connectivity index (χ1v) is 7.27. The van der Waals surface area contributed by atoms with E-state index in [0.29, 0.717) is 5.37 Å². The van der Waals surface area contributed by atoms with Gasteiger partial charge in [0.15, 0.2) is 0 Å². The summed E-state index contributed by atoms with van der Waals surface area (Å²) in [6, 6.07) is 0.0152. The summed E-state index contributed by atoms with van der Waals surface area (Å²) < 4.78 is 0. The van der Waals surface area contributed by atoms with Crippen molar-refractivity contribution in [3.05, 3.63) is 17.7 Å². The molecule has 0 amide bonds. The summed E-state index contributed by atoms with van der Waals surface area (Å²) in [7, 11) is 0. The number of carbonyl (C=O) groups excluding carboxylic acids is 1. The summed E-state index contributed by atoms with van der Waals surface area (Å²) in [5, 5.41) is 0.510. The number of fused-ring (bicyclic) bond motifs is 1. The van der Waals surface area contributed by atoms with Gasteiger partial charge in [-0.1, -0.05) is 6.42 Å². The number of H-pyrrole nitrogens is 1. The number of thioether (sulfide) groups is 1. The van der Waals surface area contributed by atoms with Crippen molar-refractivity contribution in [2.75, 3.05) is 5.75 Å². The van der Waals surface area contributed by atoms with Crippen molar-refractivity contribution < 1.29 is 4.79 Å². The van der Waals surface area contributed by atoms with Gasteiger partial charge in [0.2, 0.25) is 0 Å². The van der Waals surface area contributed by atoms with Crippen molar-refractivity contribution in [3.8, 4) is 0 Å². The van der Waals surface area contributed by atoms with Gasteiger partial charge in [-0.15, -0.1) is 11.8 Å². The number of hydrogen-bond donors (Lipinski definition) is 1. The van der Waals surface area contributed by atoms with Crippen LogP contribution in [0.25, 0.3) is 0 Å². The Kier molecular flexibility index (Phi) is 3.20. The number of rotatable bonds is 2. The van der Waals surface area contributed by atoms with Gasteiger partial charge in [0.1, 0.15) is 6.29 Å². The number of nitrogens with one attached hydrogen (secondary N) is 1. The lowest BCUT2D eigenvalue weighted by Gasteiger charge is -2.39. The van der Waals surface area contributed by atoms with Crippen LogP contribution >= 0.6 is 11.8 Å². The van der Waals surface area contributed by atoms with Crippen molar-refractivity contribution in [2.45, 2.75) is 43.6 Å². The first kappa shape index (κ1) is 11.3. The molecule has 0 saturated carbocycles. The number of nitrogens with zero attached hydrogens (tertiary/aromatic N) is 2. The predicted octanol–water partition coefficient (Wildman–Crippen LogP) is 1.58. The zero-order valence-electron chi connectivity index (χ0n) is 9.76. The second-order valence-corrected chi connectivity index (χ2v) is 6.01. The fourth-order valence-electron chi connectivity index (χ4n) is 2.70. The third kappa shape index (κ3) is 2.13. The molecule has 0 aliphatic carbocycles. The van der Waals surface area contributed by atoms with E-state index in [2.05, 4.69) is 14.9 Å². The van der Waals surface area contributed by atoms with Crippen molar-refractivity contribution in [2.24, 2.45) is 0 Å². The Morgan fingerprint density at radius 1 is 1.53 bits per heavy atom. The summed E-state index contributed by atoms with van der Waals surface area (Å²) >= 11 is 2.00. The van der Waals surface area contributed by atoms with E-state index in [1.807, 2.05) is 11.8 Å². The largest absolute Gasteiger partial charge is 0.347 e. The number of aldehydes is 1. The van der Waals surface area contributed by atoms with Gasteiger partial charge in [0.05, 0.1) is 29.1 Å². The average molecular weight is 251 g/mol. The van der Waals surface area contributed by atoms with E-state index in [4.69, 9.17) is 0 Å². The van der Waals surface area contributed by atoms with Gasteiger partial charge in [0, 0.05) is 13.0 Å². The highest BCUT2D eigenvalue weighted by molar-refractivity contribution is 7.99. The van der Waals surface area contributed by atoms with Crippen LogP contribution in [0.1, 0.15) is 30.7 Å². The second kappa shape index (κ2) is 4.82. The zero-order valence-corrected chi connectivity index (χ0v) is 10.6. The molecule has 3 heterocycles. The molecule has 0 aromatic carbocycles. The average Bonchev–Trinajstić information content (AvgIpc) is 2.85. The molecule has 1 N–H and O–H groups in total. The molecule has 2 atom stereocenters. The van der Waals surface area contributed by atoms with E-state index in [1.165, 1.54) is 30.7 Å². The normalized spacial score (nSPS) is 29.9. The summed E-state index contributed by atoms with van der Waals surface area (Å²) in [5.74, 6) is 1.22. The standard InChI is InChI=1S/C12H17N3OS/c16-7-9-5-10-11(14-8-13-10)6-15(9)12-3-1-2-4-17-12/h7-9,12H,1-6H2,(H,13,14)/t9-,12?/m0/s1. The van der Waals surface area contributed by atoms with Crippen LogP contribution in [0, 0.1) is 0 Å². The van der Waals surface area contributed by atoms with Crippen LogP contribution < -0.4 is 0 Å². The Bertz CT molecular complexity index is 400. The van der Waals surface area contributed by atoms with E-state index < -0.39 is 0 Å². The van der Waals surface area contributed by atoms with E-state index in [0.717, 1.165) is 24.9 Å². The van der Waals surface area contributed by atoms with E-state index in [1.54, 1.807) is 6.33 Å². The molecular formula is C12H17N3OS. The van der Waals surface area contributed by atoms with Crippen molar-refractivity contribution in [1.29, 1.82) is 0 Å². The van der Waals surface area contributed by atoms with E-state index in [9.17, 15) is 4.79 Å². The van der Waals surface area contributed by atoms with Crippen LogP contribution in [0.2, 0.25) is 0 Å². The van der Waals surface area contributed by atoms with Gasteiger partial charge in [-0.2, -0.15) is 0 Å². The molecular weight excluding hydrogens is 234 g/mol. The molecule has 0 bridgehead atoms. The highest BCUT2D eigenvalue weighted by atomic mass is 32.2. The maximum Gasteiger partial charge on any atom is 0.137 e. The van der Waals surface area contributed by atoms with Crippen molar-refractivity contribution >= 4 is 18.0 Å². The molecule has 0 radical (unpaired) electrons. The third-order valence-electron chi connectivity index (χ3n) is 3.66. The van der Waals surface area contributed by atoms with Gasteiger partial charge in [-0.05, 0) is 18.6 Å². The minimum absolute atomic E-state index is 0.0152. The second-order valence-electron chi connectivity index (χ2n) is 4.73. The van der Waals surface area contributed by atoms with Crippen LogP contribution in [0.5, 0.6) is 0 Å². The first-order valence-electron chi connectivity index (χ1n) is 6.22. The van der Waals surface area contributed by atoms with E-state index in [-0.39, 0.29) is 6.04 Å². The van der Waals surface area contributed by atoms with Gasteiger partial charge >= 0.3 is 0 Å². The SMILES string of the molecule is O=C[C@@H]1Cc2nc[nH]c2CN1C1CCCCS1. The molecule has 92 valence electrons. The number of hydrogen-bond acceptors (Lipinski definition) is 4. The van der Waals surface area contributed by atoms with Crippen LogP contribution in [0.3, 0.4) is 0 Å². The van der Waals surface area contributed by atoms with Crippen LogP contribution in [0.15, 0.2) is 6.33 Å². The predicted molar refractivity (Wildman–Crippen MR) is 67.8 cm³/mol. The van der Waals surface area contributed by atoms with Gasteiger partial charge in [-0.25, -0.2) is 4.98 Å². The van der Waals surface area contributed by atoms with Crippen molar-refractivity contribution in [1.82, 2.24) is 14.9 Å². The lowest BCUT2D eigenvalue weighted by molar-refractivity contribution is -0.113. The highest BCUT2D eigenvalue weighted by Crippen LogP contribution is 2.33. The lowest BCUT2D eigenvalue weighted by Crippen LogP contribution is -2.47. The third-order valence-corrected chi connectivity index (χ3v) is 5.07. The summed E-state index contributed by atoms with van der Waals surface area (Å²) in [4.78, 5) is 21.1. The first-order chi connectivity index (χ1) is 8.38. The Morgan fingerprint density at radius 3 is 3.24 bits per heavy atom. The van der Waals surface area contributed by atoms with Crippen LogP contribution in [-0.4, -0.2) is 38.3 Å². The topological polar surface area (TPSA) is 49.0 Å². The minimum atomic E-state index is 0.0152. The molecule has 0 spiro atoms. The minimum Gasteiger partial charge on any atom is -0.347 e. The van der Waals surface area contributed by atoms with Gasteiger partial charge < -0.3 is 9.78 Å². The molecule has 2 aliphatic rings. The molecule has 5 heteroatoms. The van der Waals surface area contributed by atoms with Gasteiger partial charge in [0.25, 0.3) is 0 Å². The molecule has 1 aromatic rings. The Balaban J connectivity index is 1.80. The van der Waals surface area contributed by atoms with Crippen LogP contribution in [0.4, 0.5) is 0 Å². The molecule has 17 heavy (non-hydrogen) atoms. The fraction of sp³-hybridized carbons (Fsp3) is 0.667. The summed E-state index contributed by atoms with van der Waals surface area (Å²) in [5.41, 5.74) is 2.26. The molecule has 3 rings (SSSR count). The van der Waals surface area contributed by atoms with E-state index >= 15 is 0 Å². The lowest BCUT2D eigenvalue weighted by atomic mass is 10.0. The van der Waals surface area contributed by atoms with Crippen molar-refractivity contribution in [3.63, 3.8) is 0 Å². The maximum absolute atomic E-state index is 11.3. The Hall–Kier alpha value is -0.810. The molecule has 1 saturated heterocycles. The molecule has 1 unspecified atom stereocenters. The Morgan fingerprint density at radius 2 is 2.47 bits per heavy atom. The number of aromatic amines is 1. The highest BCUT2D eigenvalue weighted by Gasteiger charge is 2.33. The summed E-state index contributed by atoms with van der Waals surface area (Å²) in [6.45, 7) is 0.844. The molecule has 2 aliphatic heterocycles. The number of imidazole rings is 1. The van der Waals surface area contributed by atoms with Gasteiger partial charge in [-0.3, -0.25) is 4.90 Å². The van der Waals surface area contributed by atoms with Crippen LogP contribution in [-0.2, 0) is 17.8 Å². The monoisotopic (exact) mass is 251 g/mol. The molecule has 4 nitrogen and oxygen atoms in total. The molecule has 1 fully saturated rings. The molecule has 1 aromatic heterocycles. The fourth-order valence-corrected chi connectivity index (χ4v) is 4.10. The Labute approximate surface area is 105 Å². The number of aromatic nitrogens is 2. The smallest absolute Gasteiger partial charge is 0.137 e. The quantitative estimate of drug-likeness (QED) is 0.811. The number of carbonyl (C=O) groups is 1. The summed E-state index contributed by atoms with van der Waals surface area (Å²) in [6.07, 6.45) is 7.40.